The standard InChI is InChI=1S/C17H23N3O2/c1-12-14(11-19-20-12)10-18-16(21)9-13-5-7-15(8-6-13)22-17(2,3)4/h5-8,11H,9-10H2,1-4H3,(H,18,21)(H,19,20). The first-order valence-electron chi connectivity index (χ1n) is 7.37. The fourth-order valence-electron chi connectivity index (χ4n) is 2.02. The molecule has 2 rings (SSSR count). The topological polar surface area (TPSA) is 67.0 Å². The summed E-state index contributed by atoms with van der Waals surface area (Å²) in [5.41, 5.74) is 2.72. The van der Waals surface area contributed by atoms with Crippen molar-refractivity contribution in [3.05, 3.63) is 47.3 Å². The van der Waals surface area contributed by atoms with E-state index in [1.54, 1.807) is 6.20 Å². The van der Waals surface area contributed by atoms with Gasteiger partial charge >= 0.3 is 0 Å². The molecule has 0 aliphatic heterocycles. The van der Waals surface area contributed by atoms with Crippen molar-refractivity contribution in [1.82, 2.24) is 15.5 Å². The minimum absolute atomic E-state index is 0.00918. The van der Waals surface area contributed by atoms with Crippen LogP contribution < -0.4 is 10.1 Å². The lowest BCUT2D eigenvalue weighted by Gasteiger charge is -2.21. The number of rotatable bonds is 5. The molecule has 0 saturated heterocycles. The van der Waals surface area contributed by atoms with Gasteiger partial charge in [-0.05, 0) is 45.4 Å². The number of amides is 1. The maximum absolute atomic E-state index is 12.0. The van der Waals surface area contributed by atoms with Crippen molar-refractivity contribution < 1.29 is 9.53 Å². The van der Waals surface area contributed by atoms with Gasteiger partial charge in [-0.1, -0.05) is 12.1 Å². The van der Waals surface area contributed by atoms with Crippen LogP contribution in [-0.2, 0) is 17.8 Å². The number of aryl methyl sites for hydroxylation is 1. The molecule has 1 aromatic heterocycles. The van der Waals surface area contributed by atoms with Crippen molar-refractivity contribution in [3.8, 4) is 5.75 Å². The Bertz CT molecular complexity index is 624. The minimum atomic E-state index is -0.221. The molecule has 0 aliphatic rings. The summed E-state index contributed by atoms with van der Waals surface area (Å²) in [6.45, 7) is 8.44. The van der Waals surface area contributed by atoms with E-state index in [9.17, 15) is 4.79 Å². The van der Waals surface area contributed by atoms with E-state index < -0.39 is 0 Å². The van der Waals surface area contributed by atoms with Crippen molar-refractivity contribution in [2.45, 2.75) is 46.3 Å². The molecule has 0 saturated carbocycles. The zero-order valence-electron chi connectivity index (χ0n) is 13.6. The van der Waals surface area contributed by atoms with Crippen LogP contribution in [0.4, 0.5) is 0 Å². The Labute approximate surface area is 131 Å². The number of carbonyl (C=O) groups is 1. The predicted octanol–water partition coefficient (Wildman–Crippen LogP) is 2.75. The molecule has 2 N–H and O–H groups in total. The van der Waals surface area contributed by atoms with Crippen LogP contribution >= 0.6 is 0 Å². The number of hydrogen-bond donors (Lipinski definition) is 2. The molecule has 1 aromatic carbocycles. The molecule has 118 valence electrons. The highest BCUT2D eigenvalue weighted by atomic mass is 16.5. The van der Waals surface area contributed by atoms with Gasteiger partial charge in [0.15, 0.2) is 0 Å². The summed E-state index contributed by atoms with van der Waals surface area (Å²) in [6.07, 6.45) is 2.08. The molecule has 0 bridgehead atoms. The number of aromatic nitrogens is 2. The van der Waals surface area contributed by atoms with Crippen molar-refractivity contribution in [2.75, 3.05) is 0 Å². The van der Waals surface area contributed by atoms with E-state index in [1.165, 1.54) is 0 Å². The molecule has 1 amide bonds. The van der Waals surface area contributed by atoms with Gasteiger partial charge in [-0.2, -0.15) is 5.10 Å². The van der Waals surface area contributed by atoms with Gasteiger partial charge in [-0.15, -0.1) is 0 Å². The van der Waals surface area contributed by atoms with Crippen LogP contribution in [0.3, 0.4) is 0 Å². The molecular weight excluding hydrogens is 278 g/mol. The molecular formula is C17H23N3O2. The molecule has 0 spiro atoms. The SMILES string of the molecule is Cc1[nH]ncc1CNC(=O)Cc1ccc(OC(C)(C)C)cc1. The quantitative estimate of drug-likeness (QED) is 0.892. The third-order valence-electron chi connectivity index (χ3n) is 3.12. The Balaban J connectivity index is 1.85. The van der Waals surface area contributed by atoms with Crippen molar-refractivity contribution >= 4 is 5.91 Å². The maximum Gasteiger partial charge on any atom is 0.224 e. The minimum Gasteiger partial charge on any atom is -0.488 e. The number of benzene rings is 1. The Morgan fingerprint density at radius 2 is 1.95 bits per heavy atom. The third kappa shape index (κ3) is 4.91. The van der Waals surface area contributed by atoms with E-state index in [-0.39, 0.29) is 11.5 Å². The molecule has 1 heterocycles. The van der Waals surface area contributed by atoms with Crippen molar-refractivity contribution in [3.63, 3.8) is 0 Å². The lowest BCUT2D eigenvalue weighted by Crippen LogP contribution is -2.25. The van der Waals surface area contributed by atoms with E-state index in [4.69, 9.17) is 4.74 Å². The summed E-state index contributed by atoms with van der Waals surface area (Å²) in [4.78, 5) is 12.0. The van der Waals surface area contributed by atoms with Gasteiger partial charge in [0.1, 0.15) is 11.4 Å². The number of hydrogen-bond acceptors (Lipinski definition) is 3. The predicted molar refractivity (Wildman–Crippen MR) is 85.7 cm³/mol. The van der Waals surface area contributed by atoms with Gasteiger partial charge in [0.05, 0.1) is 12.6 Å². The second kappa shape index (κ2) is 6.64. The van der Waals surface area contributed by atoms with Crippen LogP contribution in [-0.4, -0.2) is 21.7 Å². The van der Waals surface area contributed by atoms with E-state index >= 15 is 0 Å². The number of ether oxygens (including phenoxy) is 1. The molecule has 0 fully saturated rings. The summed E-state index contributed by atoms with van der Waals surface area (Å²) >= 11 is 0. The number of nitrogens with one attached hydrogen (secondary N) is 2. The van der Waals surface area contributed by atoms with Gasteiger partial charge in [0.25, 0.3) is 0 Å². The molecule has 5 heteroatoms. The van der Waals surface area contributed by atoms with Crippen LogP contribution in [0.15, 0.2) is 30.5 Å². The average Bonchev–Trinajstić information content (AvgIpc) is 2.83. The van der Waals surface area contributed by atoms with E-state index in [2.05, 4.69) is 15.5 Å². The maximum atomic E-state index is 12.0. The molecule has 5 nitrogen and oxygen atoms in total. The van der Waals surface area contributed by atoms with Crippen LogP contribution in [0.1, 0.15) is 37.6 Å². The zero-order chi connectivity index (χ0) is 16.2. The Morgan fingerprint density at radius 1 is 1.27 bits per heavy atom. The van der Waals surface area contributed by atoms with Crippen LogP contribution in [0.5, 0.6) is 5.75 Å². The normalized spacial score (nSPS) is 11.3. The zero-order valence-corrected chi connectivity index (χ0v) is 13.6. The van der Waals surface area contributed by atoms with Gasteiger partial charge in [0.2, 0.25) is 5.91 Å². The van der Waals surface area contributed by atoms with E-state index in [0.29, 0.717) is 13.0 Å². The first-order chi connectivity index (χ1) is 10.3. The highest BCUT2D eigenvalue weighted by molar-refractivity contribution is 5.78. The van der Waals surface area contributed by atoms with Crippen molar-refractivity contribution in [2.24, 2.45) is 0 Å². The fraction of sp³-hybridized carbons (Fsp3) is 0.412. The fourth-order valence-corrected chi connectivity index (χ4v) is 2.02. The molecule has 0 aliphatic carbocycles. The first-order valence-corrected chi connectivity index (χ1v) is 7.37. The highest BCUT2D eigenvalue weighted by Crippen LogP contribution is 2.18. The molecule has 2 aromatic rings. The number of H-pyrrole nitrogens is 1. The van der Waals surface area contributed by atoms with E-state index in [1.807, 2.05) is 52.0 Å². The molecule has 0 unspecified atom stereocenters. The van der Waals surface area contributed by atoms with Gasteiger partial charge in [-0.3, -0.25) is 9.89 Å². The first kappa shape index (κ1) is 16.1. The van der Waals surface area contributed by atoms with Crippen LogP contribution in [0.2, 0.25) is 0 Å². The number of nitrogens with zero attached hydrogens (tertiary/aromatic N) is 1. The summed E-state index contributed by atoms with van der Waals surface area (Å²) in [5, 5.41) is 9.68. The summed E-state index contributed by atoms with van der Waals surface area (Å²) in [6, 6.07) is 7.63. The Morgan fingerprint density at radius 3 is 2.50 bits per heavy atom. The smallest absolute Gasteiger partial charge is 0.224 e. The molecule has 0 atom stereocenters. The lowest BCUT2D eigenvalue weighted by atomic mass is 10.1. The second-order valence-electron chi connectivity index (χ2n) is 6.33. The summed E-state index contributed by atoms with van der Waals surface area (Å²) in [7, 11) is 0. The average molecular weight is 301 g/mol. The van der Waals surface area contributed by atoms with Crippen LogP contribution in [0, 0.1) is 6.92 Å². The lowest BCUT2D eigenvalue weighted by molar-refractivity contribution is -0.120. The Kier molecular flexibility index (Phi) is 4.85. The Hall–Kier alpha value is -2.30. The highest BCUT2D eigenvalue weighted by Gasteiger charge is 2.12. The summed E-state index contributed by atoms with van der Waals surface area (Å²) < 4.78 is 5.76. The summed E-state index contributed by atoms with van der Waals surface area (Å²) in [5.74, 6) is 0.802. The third-order valence-corrected chi connectivity index (χ3v) is 3.12. The number of carbonyl (C=O) groups excluding carboxylic acids is 1. The van der Waals surface area contributed by atoms with E-state index in [0.717, 1.165) is 22.6 Å². The van der Waals surface area contributed by atoms with Crippen LogP contribution in [0.25, 0.3) is 0 Å². The largest absolute Gasteiger partial charge is 0.488 e. The van der Waals surface area contributed by atoms with Gasteiger partial charge in [0, 0.05) is 17.8 Å². The molecule has 0 radical (unpaired) electrons. The molecule has 22 heavy (non-hydrogen) atoms. The van der Waals surface area contributed by atoms with Gasteiger partial charge < -0.3 is 10.1 Å². The van der Waals surface area contributed by atoms with Gasteiger partial charge in [-0.25, -0.2) is 0 Å². The number of aromatic amines is 1. The van der Waals surface area contributed by atoms with Crippen molar-refractivity contribution in [1.29, 1.82) is 0 Å². The second-order valence-corrected chi connectivity index (χ2v) is 6.33. The monoisotopic (exact) mass is 301 g/mol.